The van der Waals surface area contributed by atoms with E-state index in [9.17, 15) is 22.8 Å². The molecular formula is C19H17F3N2O2. The van der Waals surface area contributed by atoms with E-state index in [4.69, 9.17) is 0 Å². The summed E-state index contributed by atoms with van der Waals surface area (Å²) in [6, 6.07) is 9.68. The van der Waals surface area contributed by atoms with E-state index in [0.717, 1.165) is 23.8 Å². The monoisotopic (exact) mass is 362 g/mol. The Kier molecular flexibility index (Phi) is 5.82. The molecule has 136 valence electrons. The Balaban J connectivity index is 2.09. The lowest BCUT2D eigenvalue weighted by Gasteiger charge is -2.09. The minimum absolute atomic E-state index is 0.235. The normalized spacial score (nSPS) is 11.4. The van der Waals surface area contributed by atoms with Crippen LogP contribution in [0.15, 0.2) is 48.5 Å². The second kappa shape index (κ2) is 7.86. The first-order valence-electron chi connectivity index (χ1n) is 7.70. The smallest absolute Gasteiger partial charge is 0.326 e. The minimum atomic E-state index is -4.44. The van der Waals surface area contributed by atoms with Crippen LogP contribution in [0.5, 0.6) is 0 Å². The maximum Gasteiger partial charge on any atom is 0.416 e. The van der Waals surface area contributed by atoms with Crippen LogP contribution in [0.1, 0.15) is 23.6 Å². The number of amides is 2. The van der Waals surface area contributed by atoms with Crippen LogP contribution in [0.3, 0.4) is 0 Å². The van der Waals surface area contributed by atoms with Crippen molar-refractivity contribution in [2.75, 3.05) is 10.6 Å². The molecule has 0 aliphatic rings. The van der Waals surface area contributed by atoms with Crippen LogP contribution < -0.4 is 10.6 Å². The predicted octanol–water partition coefficient (Wildman–Crippen LogP) is 4.62. The zero-order valence-corrected chi connectivity index (χ0v) is 14.1. The van der Waals surface area contributed by atoms with Crippen molar-refractivity contribution in [1.82, 2.24) is 0 Å². The molecule has 0 radical (unpaired) electrons. The number of aryl methyl sites for hydroxylation is 1. The topological polar surface area (TPSA) is 58.2 Å². The van der Waals surface area contributed by atoms with Crippen LogP contribution in [0.25, 0.3) is 6.08 Å². The van der Waals surface area contributed by atoms with Gasteiger partial charge in [-0.25, -0.2) is 0 Å². The van der Waals surface area contributed by atoms with Gasteiger partial charge in [-0.3, -0.25) is 9.59 Å². The summed E-state index contributed by atoms with van der Waals surface area (Å²) in [6.45, 7) is 3.19. The zero-order chi connectivity index (χ0) is 19.3. The Morgan fingerprint density at radius 2 is 1.77 bits per heavy atom. The molecule has 0 saturated carbocycles. The van der Waals surface area contributed by atoms with E-state index in [1.165, 1.54) is 25.1 Å². The van der Waals surface area contributed by atoms with E-state index in [1.54, 1.807) is 18.2 Å². The highest BCUT2D eigenvalue weighted by Crippen LogP contribution is 2.29. The number of halogens is 3. The van der Waals surface area contributed by atoms with Gasteiger partial charge < -0.3 is 10.6 Å². The molecule has 2 rings (SSSR count). The Labute approximate surface area is 148 Å². The van der Waals surface area contributed by atoms with Crippen molar-refractivity contribution in [3.05, 3.63) is 65.2 Å². The Morgan fingerprint density at radius 3 is 2.42 bits per heavy atom. The number of carbonyl (C=O) groups excluding carboxylic acids is 2. The van der Waals surface area contributed by atoms with E-state index in [0.29, 0.717) is 11.4 Å². The van der Waals surface area contributed by atoms with Crippen LogP contribution in [0.2, 0.25) is 0 Å². The van der Waals surface area contributed by atoms with Gasteiger partial charge in [-0.05, 0) is 48.4 Å². The van der Waals surface area contributed by atoms with Gasteiger partial charge in [0.25, 0.3) is 0 Å². The van der Waals surface area contributed by atoms with Crippen LogP contribution in [-0.2, 0) is 15.8 Å². The summed E-state index contributed by atoms with van der Waals surface area (Å²) in [4.78, 5) is 23.1. The molecular weight excluding hydrogens is 345 g/mol. The average Bonchev–Trinajstić information content (AvgIpc) is 2.55. The lowest BCUT2D eigenvalue weighted by atomic mass is 10.1. The molecule has 0 heterocycles. The standard InChI is InChI=1S/C19H17F3N2O2/c1-12-6-8-16(11-17(12)23-13(2)25)24-18(26)9-7-14-4-3-5-15(10-14)19(20,21)22/h3-11H,1-2H3,(H,23,25)(H,24,26)/b9-7+. The number of alkyl halides is 3. The molecule has 2 N–H and O–H groups in total. The molecule has 0 fully saturated rings. The Morgan fingerprint density at radius 1 is 1.04 bits per heavy atom. The lowest BCUT2D eigenvalue weighted by Crippen LogP contribution is -2.10. The molecule has 26 heavy (non-hydrogen) atoms. The molecule has 0 aromatic heterocycles. The Hall–Kier alpha value is -3.09. The van der Waals surface area contributed by atoms with Crippen molar-refractivity contribution in [3.63, 3.8) is 0 Å². The van der Waals surface area contributed by atoms with E-state index < -0.39 is 17.6 Å². The minimum Gasteiger partial charge on any atom is -0.326 e. The SMILES string of the molecule is CC(=O)Nc1cc(NC(=O)/C=C/c2cccc(C(F)(F)F)c2)ccc1C. The van der Waals surface area contributed by atoms with E-state index in [1.807, 2.05) is 6.92 Å². The summed E-state index contributed by atoms with van der Waals surface area (Å²) in [7, 11) is 0. The molecule has 0 saturated heterocycles. The van der Waals surface area contributed by atoms with Gasteiger partial charge in [0.1, 0.15) is 0 Å². The summed E-state index contributed by atoms with van der Waals surface area (Å²) in [5.41, 5.74) is 1.34. The summed E-state index contributed by atoms with van der Waals surface area (Å²) >= 11 is 0. The fourth-order valence-corrected chi connectivity index (χ4v) is 2.20. The van der Waals surface area contributed by atoms with Gasteiger partial charge in [0, 0.05) is 24.4 Å². The largest absolute Gasteiger partial charge is 0.416 e. The molecule has 2 aromatic carbocycles. The third-order valence-electron chi connectivity index (χ3n) is 3.46. The maximum absolute atomic E-state index is 12.7. The quantitative estimate of drug-likeness (QED) is 0.780. The van der Waals surface area contributed by atoms with Gasteiger partial charge >= 0.3 is 6.18 Å². The number of carbonyl (C=O) groups is 2. The van der Waals surface area contributed by atoms with Crippen molar-refractivity contribution in [3.8, 4) is 0 Å². The molecule has 2 amide bonds. The van der Waals surface area contributed by atoms with Crippen molar-refractivity contribution in [1.29, 1.82) is 0 Å². The number of rotatable bonds is 4. The second-order valence-corrected chi connectivity index (χ2v) is 5.66. The lowest BCUT2D eigenvalue weighted by molar-refractivity contribution is -0.137. The van der Waals surface area contributed by atoms with Crippen LogP contribution in [0.4, 0.5) is 24.5 Å². The summed E-state index contributed by atoms with van der Waals surface area (Å²) in [5.74, 6) is -0.735. The van der Waals surface area contributed by atoms with Crippen molar-refractivity contribution < 1.29 is 22.8 Å². The molecule has 0 atom stereocenters. The Bertz CT molecular complexity index is 858. The number of benzene rings is 2. The van der Waals surface area contributed by atoms with Crippen molar-refractivity contribution in [2.24, 2.45) is 0 Å². The number of hydrogen-bond acceptors (Lipinski definition) is 2. The molecule has 4 nitrogen and oxygen atoms in total. The first kappa shape index (κ1) is 19.2. The van der Waals surface area contributed by atoms with E-state index in [2.05, 4.69) is 10.6 Å². The summed E-state index contributed by atoms with van der Waals surface area (Å²) < 4.78 is 38.0. The van der Waals surface area contributed by atoms with Gasteiger partial charge in [0.2, 0.25) is 11.8 Å². The first-order chi connectivity index (χ1) is 12.1. The van der Waals surface area contributed by atoms with Gasteiger partial charge in [-0.15, -0.1) is 0 Å². The first-order valence-corrected chi connectivity index (χ1v) is 7.70. The summed E-state index contributed by atoms with van der Waals surface area (Å²) in [5, 5.41) is 5.25. The molecule has 0 aliphatic carbocycles. The second-order valence-electron chi connectivity index (χ2n) is 5.66. The molecule has 0 bridgehead atoms. The molecule has 7 heteroatoms. The molecule has 0 aliphatic heterocycles. The number of nitrogens with one attached hydrogen (secondary N) is 2. The van der Waals surface area contributed by atoms with Gasteiger partial charge in [-0.1, -0.05) is 18.2 Å². The van der Waals surface area contributed by atoms with Crippen LogP contribution in [0, 0.1) is 6.92 Å². The fourth-order valence-electron chi connectivity index (χ4n) is 2.20. The highest BCUT2D eigenvalue weighted by molar-refractivity contribution is 6.02. The van der Waals surface area contributed by atoms with E-state index >= 15 is 0 Å². The third kappa shape index (κ3) is 5.47. The van der Waals surface area contributed by atoms with Crippen LogP contribution in [-0.4, -0.2) is 11.8 Å². The zero-order valence-electron chi connectivity index (χ0n) is 14.1. The number of anilines is 2. The van der Waals surface area contributed by atoms with Crippen LogP contribution >= 0.6 is 0 Å². The third-order valence-corrected chi connectivity index (χ3v) is 3.46. The fraction of sp³-hybridized carbons (Fsp3) is 0.158. The molecule has 0 unspecified atom stereocenters. The van der Waals surface area contributed by atoms with Gasteiger partial charge in [0.05, 0.1) is 5.56 Å². The molecule has 0 spiro atoms. The van der Waals surface area contributed by atoms with Gasteiger partial charge in [0.15, 0.2) is 0 Å². The highest BCUT2D eigenvalue weighted by Gasteiger charge is 2.30. The molecule has 2 aromatic rings. The highest BCUT2D eigenvalue weighted by atomic mass is 19.4. The van der Waals surface area contributed by atoms with Crippen molar-refractivity contribution in [2.45, 2.75) is 20.0 Å². The van der Waals surface area contributed by atoms with Gasteiger partial charge in [-0.2, -0.15) is 13.2 Å². The number of hydrogen-bond donors (Lipinski definition) is 2. The maximum atomic E-state index is 12.7. The predicted molar refractivity (Wildman–Crippen MR) is 94.6 cm³/mol. The van der Waals surface area contributed by atoms with Crippen molar-refractivity contribution >= 4 is 29.3 Å². The van der Waals surface area contributed by atoms with E-state index in [-0.39, 0.29) is 11.5 Å². The average molecular weight is 362 g/mol. The summed E-state index contributed by atoms with van der Waals surface area (Å²) in [6.07, 6.45) is -1.99.